The van der Waals surface area contributed by atoms with Crippen LogP contribution in [0.5, 0.6) is 5.75 Å². The average Bonchev–Trinajstić information content (AvgIpc) is 2.88. The second-order valence-electron chi connectivity index (χ2n) is 4.14. The lowest BCUT2D eigenvalue weighted by molar-refractivity contribution is 0.0854. The maximum absolute atomic E-state index is 9.65. The number of methoxy groups -OCH3 is 1. The average molecular weight is 327 g/mol. The smallest absolute Gasteiger partial charge is 0.258 e. The van der Waals surface area contributed by atoms with Crippen molar-refractivity contribution < 1.29 is 14.4 Å². The monoisotopic (exact) mass is 326 g/mol. The molecule has 0 aliphatic heterocycles. The number of halogens is 1. The van der Waals surface area contributed by atoms with Crippen LogP contribution in [0.25, 0.3) is 11.5 Å². The molecule has 1 atom stereocenters. The van der Waals surface area contributed by atoms with Gasteiger partial charge in [-0.2, -0.15) is 4.98 Å². The molecule has 0 saturated heterocycles. The van der Waals surface area contributed by atoms with Gasteiger partial charge in [0, 0.05) is 12.7 Å². The normalized spacial score (nSPS) is 12.6. The number of phenols is 1. The molecule has 0 aliphatic rings. The van der Waals surface area contributed by atoms with E-state index in [9.17, 15) is 5.11 Å². The highest BCUT2D eigenvalue weighted by Crippen LogP contribution is 2.30. The highest BCUT2D eigenvalue weighted by molar-refractivity contribution is 9.10. The highest BCUT2D eigenvalue weighted by atomic mass is 79.9. The van der Waals surface area contributed by atoms with Gasteiger partial charge in [-0.15, -0.1) is 0 Å². The zero-order valence-electron chi connectivity index (χ0n) is 10.8. The minimum atomic E-state index is -0.161. The Morgan fingerprint density at radius 3 is 2.89 bits per heavy atom. The molecule has 19 heavy (non-hydrogen) atoms. The highest BCUT2D eigenvalue weighted by Gasteiger charge is 2.18. The van der Waals surface area contributed by atoms with E-state index in [-0.39, 0.29) is 11.9 Å². The Labute approximate surface area is 119 Å². The van der Waals surface area contributed by atoms with E-state index in [1.165, 1.54) is 0 Å². The topological polar surface area (TPSA) is 68.4 Å². The minimum Gasteiger partial charge on any atom is -0.507 e. The summed E-state index contributed by atoms with van der Waals surface area (Å²) in [4.78, 5) is 4.31. The number of rotatable bonds is 5. The van der Waals surface area contributed by atoms with Gasteiger partial charge in [0.25, 0.3) is 5.89 Å². The maximum atomic E-state index is 9.65. The van der Waals surface area contributed by atoms with Gasteiger partial charge in [-0.1, -0.05) is 18.5 Å². The summed E-state index contributed by atoms with van der Waals surface area (Å²) < 4.78 is 11.2. The van der Waals surface area contributed by atoms with Crippen molar-refractivity contribution in [3.8, 4) is 17.2 Å². The van der Waals surface area contributed by atoms with E-state index >= 15 is 0 Å². The molecule has 0 spiro atoms. The van der Waals surface area contributed by atoms with E-state index in [2.05, 4.69) is 33.0 Å². The van der Waals surface area contributed by atoms with Crippen LogP contribution in [0.15, 0.2) is 27.2 Å². The summed E-state index contributed by atoms with van der Waals surface area (Å²) in [6.45, 7) is 2.07. The van der Waals surface area contributed by atoms with Crippen LogP contribution in [0.3, 0.4) is 0 Å². The fourth-order valence-electron chi connectivity index (χ4n) is 1.74. The first-order chi connectivity index (χ1) is 9.15. The first kappa shape index (κ1) is 14.0. The molecular formula is C13H15BrN2O3. The van der Waals surface area contributed by atoms with E-state index in [1.807, 2.05) is 0 Å². The lowest BCUT2D eigenvalue weighted by Gasteiger charge is -2.08. The Bertz CT molecular complexity index is 557. The molecule has 6 heteroatoms. The molecule has 1 aromatic carbocycles. The summed E-state index contributed by atoms with van der Waals surface area (Å²) >= 11 is 3.23. The van der Waals surface area contributed by atoms with Gasteiger partial charge in [0.2, 0.25) is 5.82 Å². The molecule has 1 N–H and O–H groups in total. The van der Waals surface area contributed by atoms with Crippen molar-refractivity contribution in [1.29, 1.82) is 0 Å². The Balaban J connectivity index is 2.27. The Morgan fingerprint density at radius 1 is 1.47 bits per heavy atom. The fraction of sp³-hybridized carbons (Fsp3) is 0.385. The van der Waals surface area contributed by atoms with Gasteiger partial charge in [-0.05, 0) is 40.5 Å². The summed E-state index contributed by atoms with van der Waals surface area (Å²) in [7, 11) is 1.63. The lowest BCUT2D eigenvalue weighted by atomic mass is 10.2. The number of phenolic OH excluding ortho intramolecular Hbond substituents is 1. The molecule has 0 amide bonds. The van der Waals surface area contributed by atoms with Gasteiger partial charge in [0.15, 0.2) is 0 Å². The van der Waals surface area contributed by atoms with Crippen LogP contribution in [0.2, 0.25) is 0 Å². The van der Waals surface area contributed by atoms with E-state index in [0.717, 1.165) is 12.8 Å². The van der Waals surface area contributed by atoms with Crippen molar-refractivity contribution >= 4 is 15.9 Å². The van der Waals surface area contributed by atoms with E-state index in [0.29, 0.717) is 21.8 Å². The molecule has 102 valence electrons. The predicted octanol–water partition coefficient (Wildman–Crippen LogP) is 3.69. The summed E-state index contributed by atoms with van der Waals surface area (Å²) in [5, 5.41) is 13.6. The van der Waals surface area contributed by atoms with E-state index in [4.69, 9.17) is 9.26 Å². The standard InChI is InChI=1S/C13H15BrN2O3/c1-3-4-11(18-2)12-15-13(19-16-12)8-5-6-9(14)10(17)7-8/h5-7,11,17H,3-4H2,1-2H3. The van der Waals surface area contributed by atoms with Crippen molar-refractivity contribution in [2.75, 3.05) is 7.11 Å². The number of aromatic nitrogens is 2. The Hall–Kier alpha value is -1.40. The first-order valence-corrected chi connectivity index (χ1v) is 6.80. The van der Waals surface area contributed by atoms with Crippen molar-refractivity contribution in [2.24, 2.45) is 0 Å². The molecule has 0 aliphatic carbocycles. The number of nitrogens with zero attached hydrogens (tertiary/aromatic N) is 2. The molecule has 0 fully saturated rings. The van der Waals surface area contributed by atoms with Crippen molar-refractivity contribution in [3.05, 3.63) is 28.5 Å². The maximum Gasteiger partial charge on any atom is 0.258 e. The zero-order valence-corrected chi connectivity index (χ0v) is 12.3. The second-order valence-corrected chi connectivity index (χ2v) is 4.99. The first-order valence-electron chi connectivity index (χ1n) is 6.01. The van der Waals surface area contributed by atoms with Crippen LogP contribution in [0.1, 0.15) is 31.7 Å². The third-order valence-electron chi connectivity index (χ3n) is 2.76. The number of hydrogen-bond acceptors (Lipinski definition) is 5. The number of benzene rings is 1. The largest absolute Gasteiger partial charge is 0.507 e. The fourth-order valence-corrected chi connectivity index (χ4v) is 1.99. The molecule has 1 heterocycles. The summed E-state index contributed by atoms with van der Waals surface area (Å²) in [5.41, 5.74) is 0.672. The Kier molecular flexibility index (Phi) is 4.55. The van der Waals surface area contributed by atoms with Gasteiger partial charge in [0.1, 0.15) is 11.9 Å². The van der Waals surface area contributed by atoms with Crippen LogP contribution < -0.4 is 0 Å². The van der Waals surface area contributed by atoms with E-state index in [1.54, 1.807) is 25.3 Å². The molecule has 1 unspecified atom stereocenters. The quantitative estimate of drug-likeness (QED) is 0.907. The Morgan fingerprint density at radius 2 is 2.26 bits per heavy atom. The van der Waals surface area contributed by atoms with Crippen LogP contribution in [-0.4, -0.2) is 22.4 Å². The third-order valence-corrected chi connectivity index (χ3v) is 3.43. The van der Waals surface area contributed by atoms with Crippen LogP contribution in [-0.2, 0) is 4.74 Å². The summed E-state index contributed by atoms with van der Waals surface area (Å²) in [5.74, 6) is 1.03. The zero-order chi connectivity index (χ0) is 13.8. The van der Waals surface area contributed by atoms with Crippen LogP contribution >= 0.6 is 15.9 Å². The van der Waals surface area contributed by atoms with E-state index < -0.39 is 0 Å². The molecule has 2 aromatic rings. The molecule has 0 bridgehead atoms. The SMILES string of the molecule is CCCC(OC)c1noc(-c2ccc(Br)c(O)c2)n1. The minimum absolute atomic E-state index is 0.133. The van der Waals surface area contributed by atoms with Gasteiger partial charge >= 0.3 is 0 Å². The summed E-state index contributed by atoms with van der Waals surface area (Å²) in [6.07, 6.45) is 1.65. The molecule has 1 aromatic heterocycles. The number of hydrogen-bond donors (Lipinski definition) is 1. The van der Waals surface area contributed by atoms with Crippen molar-refractivity contribution in [2.45, 2.75) is 25.9 Å². The molecular weight excluding hydrogens is 312 g/mol. The van der Waals surface area contributed by atoms with Crippen LogP contribution in [0.4, 0.5) is 0 Å². The molecule has 0 saturated carbocycles. The van der Waals surface area contributed by atoms with Gasteiger partial charge < -0.3 is 14.4 Å². The number of ether oxygens (including phenoxy) is 1. The second kappa shape index (κ2) is 6.16. The predicted molar refractivity (Wildman–Crippen MR) is 73.8 cm³/mol. The molecule has 5 nitrogen and oxygen atoms in total. The van der Waals surface area contributed by atoms with Crippen molar-refractivity contribution in [1.82, 2.24) is 10.1 Å². The van der Waals surface area contributed by atoms with Crippen LogP contribution in [0, 0.1) is 0 Å². The molecule has 0 radical (unpaired) electrons. The number of aromatic hydroxyl groups is 1. The van der Waals surface area contributed by atoms with Gasteiger partial charge in [-0.3, -0.25) is 0 Å². The van der Waals surface area contributed by atoms with Gasteiger partial charge in [0.05, 0.1) is 4.47 Å². The molecule has 2 rings (SSSR count). The third kappa shape index (κ3) is 3.13. The summed E-state index contributed by atoms with van der Waals surface area (Å²) in [6, 6.07) is 5.10. The lowest BCUT2D eigenvalue weighted by Crippen LogP contribution is -2.03. The van der Waals surface area contributed by atoms with Gasteiger partial charge in [-0.25, -0.2) is 0 Å². The van der Waals surface area contributed by atoms with Crippen molar-refractivity contribution in [3.63, 3.8) is 0 Å².